The molecule has 14 heavy (non-hydrogen) atoms. The Kier molecular flexibility index (Phi) is 4.35. The van der Waals surface area contributed by atoms with Crippen LogP contribution in [0.25, 0.3) is 0 Å². The third kappa shape index (κ3) is 6.55. The first-order chi connectivity index (χ1) is 5.97. The molecule has 0 radical (unpaired) electrons. The van der Waals surface area contributed by atoms with Gasteiger partial charge < -0.3 is 4.89 Å². The molecule has 1 unspecified atom stereocenters. The zero-order chi connectivity index (χ0) is 11.6. The number of phosphoric acid groups is 1. The Morgan fingerprint density at radius 3 is 1.86 bits per heavy atom. The van der Waals surface area contributed by atoms with Gasteiger partial charge in [-0.3, -0.25) is 9.05 Å². The number of hydrogen-bond acceptors (Lipinski definition) is 3. The topological polar surface area (TPSA) is 55.8 Å². The van der Waals surface area contributed by atoms with Gasteiger partial charge in [-0.2, -0.15) is 0 Å². The van der Waals surface area contributed by atoms with Gasteiger partial charge in [0, 0.05) is 0 Å². The first kappa shape index (κ1) is 14.1. The minimum absolute atomic E-state index is 0.643. The smallest absolute Gasteiger partial charge is 0.302 e. The summed E-state index contributed by atoms with van der Waals surface area (Å²) in [6, 6.07) is 0. The van der Waals surface area contributed by atoms with Crippen molar-refractivity contribution in [3.63, 3.8) is 0 Å². The van der Waals surface area contributed by atoms with Crippen molar-refractivity contribution < 1.29 is 18.5 Å². The largest absolute Gasteiger partial charge is 0.473 e. The zero-order valence-electron chi connectivity index (χ0n) is 9.83. The van der Waals surface area contributed by atoms with Gasteiger partial charge in [-0.05, 0) is 41.0 Å². The first-order valence-electron chi connectivity index (χ1n) is 4.72. The average Bonchev–Trinajstić information content (AvgIpc) is 1.78. The molecule has 0 aliphatic carbocycles. The van der Waals surface area contributed by atoms with Crippen LogP contribution < -0.4 is 0 Å². The van der Waals surface area contributed by atoms with Crippen molar-refractivity contribution >= 4 is 7.82 Å². The normalized spacial score (nSPS) is 17.9. The SMILES string of the molecule is CCC(C)(C)OP(=O)(O)OC(C)(C)C. The Hall–Kier alpha value is 0.110. The maximum Gasteiger partial charge on any atom is 0.473 e. The highest BCUT2D eigenvalue weighted by Gasteiger charge is 2.34. The lowest BCUT2D eigenvalue weighted by molar-refractivity contribution is 0.00920. The van der Waals surface area contributed by atoms with Crippen molar-refractivity contribution in [1.29, 1.82) is 0 Å². The van der Waals surface area contributed by atoms with E-state index >= 15 is 0 Å². The van der Waals surface area contributed by atoms with Gasteiger partial charge in [-0.15, -0.1) is 0 Å². The number of phosphoric ester groups is 1. The fourth-order valence-corrected chi connectivity index (χ4v) is 2.22. The third-order valence-corrected chi connectivity index (χ3v) is 3.11. The second kappa shape index (κ2) is 4.31. The van der Waals surface area contributed by atoms with E-state index in [2.05, 4.69) is 0 Å². The number of hydrogen-bond donors (Lipinski definition) is 1. The molecule has 0 heterocycles. The highest BCUT2D eigenvalue weighted by Crippen LogP contribution is 2.50. The van der Waals surface area contributed by atoms with Crippen molar-refractivity contribution in [1.82, 2.24) is 0 Å². The minimum atomic E-state index is -3.95. The van der Waals surface area contributed by atoms with Crippen LogP contribution in [0.15, 0.2) is 0 Å². The molecule has 0 bridgehead atoms. The summed E-state index contributed by atoms with van der Waals surface area (Å²) in [7, 11) is -3.95. The molecule has 0 aromatic carbocycles. The molecule has 0 aliphatic heterocycles. The molecule has 1 N–H and O–H groups in total. The Morgan fingerprint density at radius 2 is 1.57 bits per heavy atom. The average molecular weight is 224 g/mol. The second-order valence-electron chi connectivity index (χ2n) is 4.88. The quantitative estimate of drug-likeness (QED) is 0.745. The second-order valence-corrected chi connectivity index (χ2v) is 6.18. The van der Waals surface area contributed by atoms with Crippen LogP contribution in [-0.2, 0) is 13.6 Å². The highest BCUT2D eigenvalue weighted by atomic mass is 31.2. The minimum Gasteiger partial charge on any atom is -0.302 e. The molecule has 1 atom stereocenters. The van der Waals surface area contributed by atoms with Crippen molar-refractivity contribution in [3.8, 4) is 0 Å². The molecule has 0 amide bonds. The summed E-state index contributed by atoms with van der Waals surface area (Å²) in [5.41, 5.74) is -1.33. The molecule has 0 saturated carbocycles. The Labute approximate surface area is 86.2 Å². The lowest BCUT2D eigenvalue weighted by atomic mass is 10.1. The van der Waals surface area contributed by atoms with Crippen molar-refractivity contribution in [2.75, 3.05) is 0 Å². The summed E-state index contributed by atoms with van der Waals surface area (Å²) >= 11 is 0. The molecule has 0 rings (SSSR count). The van der Waals surface area contributed by atoms with E-state index < -0.39 is 19.0 Å². The molecule has 0 spiro atoms. The van der Waals surface area contributed by atoms with Gasteiger partial charge in [0.1, 0.15) is 0 Å². The molecule has 0 aliphatic rings. The summed E-state index contributed by atoms with van der Waals surface area (Å²) in [5, 5.41) is 0. The molecule has 0 aromatic rings. The molecule has 0 fully saturated rings. The van der Waals surface area contributed by atoms with E-state index in [0.29, 0.717) is 6.42 Å². The molecule has 5 heteroatoms. The van der Waals surface area contributed by atoms with E-state index in [9.17, 15) is 9.46 Å². The van der Waals surface area contributed by atoms with Crippen LogP contribution >= 0.6 is 7.82 Å². The predicted octanol–water partition coefficient (Wildman–Crippen LogP) is 3.11. The molecule has 0 aromatic heterocycles. The number of rotatable bonds is 4. The van der Waals surface area contributed by atoms with Gasteiger partial charge in [-0.1, -0.05) is 6.92 Å². The summed E-state index contributed by atoms with van der Waals surface area (Å²) in [6.45, 7) is 10.5. The lowest BCUT2D eigenvalue weighted by Crippen LogP contribution is -2.25. The van der Waals surface area contributed by atoms with Crippen molar-refractivity contribution in [2.45, 2.75) is 59.2 Å². The van der Waals surface area contributed by atoms with Crippen molar-refractivity contribution in [2.24, 2.45) is 0 Å². The molecule has 86 valence electrons. The van der Waals surface area contributed by atoms with Crippen LogP contribution in [0.2, 0.25) is 0 Å². The van der Waals surface area contributed by atoms with Gasteiger partial charge in [0.2, 0.25) is 0 Å². The van der Waals surface area contributed by atoms with Crippen LogP contribution in [0.5, 0.6) is 0 Å². The van der Waals surface area contributed by atoms with Crippen LogP contribution in [-0.4, -0.2) is 16.1 Å². The Balaban J connectivity index is 4.43. The zero-order valence-corrected chi connectivity index (χ0v) is 10.7. The van der Waals surface area contributed by atoms with Crippen LogP contribution in [0, 0.1) is 0 Å². The van der Waals surface area contributed by atoms with E-state index in [1.54, 1.807) is 34.6 Å². The van der Waals surface area contributed by atoms with Crippen LogP contribution in [0.4, 0.5) is 0 Å². The van der Waals surface area contributed by atoms with Gasteiger partial charge in [-0.25, -0.2) is 4.57 Å². The molecular weight excluding hydrogens is 203 g/mol. The van der Waals surface area contributed by atoms with Gasteiger partial charge in [0.15, 0.2) is 0 Å². The fraction of sp³-hybridized carbons (Fsp3) is 1.00. The maximum absolute atomic E-state index is 11.5. The van der Waals surface area contributed by atoms with Crippen LogP contribution in [0.3, 0.4) is 0 Å². The first-order valence-corrected chi connectivity index (χ1v) is 6.21. The van der Waals surface area contributed by atoms with Crippen LogP contribution in [0.1, 0.15) is 48.0 Å². The summed E-state index contributed by atoms with van der Waals surface area (Å²) < 4.78 is 21.5. The molecule has 0 saturated heterocycles. The van der Waals surface area contributed by atoms with E-state index in [-0.39, 0.29) is 0 Å². The van der Waals surface area contributed by atoms with Crippen molar-refractivity contribution in [3.05, 3.63) is 0 Å². The van der Waals surface area contributed by atoms with E-state index in [4.69, 9.17) is 9.05 Å². The van der Waals surface area contributed by atoms with E-state index in [0.717, 1.165) is 0 Å². The summed E-state index contributed by atoms with van der Waals surface area (Å²) in [6.07, 6.45) is 0.644. The van der Waals surface area contributed by atoms with E-state index in [1.807, 2.05) is 6.92 Å². The maximum atomic E-state index is 11.5. The summed E-state index contributed by atoms with van der Waals surface area (Å²) in [4.78, 5) is 9.43. The standard InChI is InChI=1S/C9H21O4P/c1-7-9(5,6)13-14(10,11)12-8(2,3)4/h7H2,1-6H3,(H,10,11). The highest BCUT2D eigenvalue weighted by molar-refractivity contribution is 7.47. The van der Waals surface area contributed by atoms with Gasteiger partial charge in [0.25, 0.3) is 0 Å². The summed E-state index contributed by atoms with van der Waals surface area (Å²) in [5.74, 6) is 0. The Morgan fingerprint density at radius 1 is 1.14 bits per heavy atom. The third-order valence-electron chi connectivity index (χ3n) is 1.60. The van der Waals surface area contributed by atoms with E-state index in [1.165, 1.54) is 0 Å². The fourth-order valence-electron chi connectivity index (χ4n) is 0.742. The molecule has 4 nitrogen and oxygen atoms in total. The lowest BCUT2D eigenvalue weighted by Gasteiger charge is -2.29. The molecular formula is C9H21O4P. The monoisotopic (exact) mass is 224 g/mol. The predicted molar refractivity (Wildman–Crippen MR) is 56.1 cm³/mol. The van der Waals surface area contributed by atoms with Gasteiger partial charge in [0.05, 0.1) is 11.2 Å². The Bertz CT molecular complexity index is 229. The van der Waals surface area contributed by atoms with Gasteiger partial charge >= 0.3 is 7.82 Å².